The lowest BCUT2D eigenvalue weighted by Crippen LogP contribution is -2.43. The highest BCUT2D eigenvalue weighted by molar-refractivity contribution is 5.81. The van der Waals surface area contributed by atoms with Crippen molar-refractivity contribution in [3.63, 3.8) is 0 Å². The van der Waals surface area contributed by atoms with Crippen LogP contribution in [0.5, 0.6) is 0 Å². The second-order valence-electron chi connectivity index (χ2n) is 5.58. The summed E-state index contributed by atoms with van der Waals surface area (Å²) in [5, 5.41) is 6.30. The summed E-state index contributed by atoms with van der Waals surface area (Å²) in [6, 6.07) is -0.0693. The van der Waals surface area contributed by atoms with E-state index < -0.39 is 0 Å². The SMILES string of the molecule is CCCCCNC(=O)C(C)NCCCN1CCCC1. The van der Waals surface area contributed by atoms with Gasteiger partial charge in [0.2, 0.25) is 5.91 Å². The molecule has 0 aromatic rings. The molecule has 1 aliphatic rings. The fourth-order valence-electron chi connectivity index (χ4n) is 2.46. The smallest absolute Gasteiger partial charge is 0.236 e. The van der Waals surface area contributed by atoms with E-state index in [9.17, 15) is 4.79 Å². The first-order chi connectivity index (χ1) is 9.24. The Morgan fingerprint density at radius 1 is 1.16 bits per heavy atom. The second kappa shape index (κ2) is 10.2. The van der Waals surface area contributed by atoms with Crippen molar-refractivity contribution in [2.24, 2.45) is 0 Å². The Morgan fingerprint density at radius 3 is 2.58 bits per heavy atom. The number of amides is 1. The highest BCUT2D eigenvalue weighted by Gasteiger charge is 2.12. The zero-order valence-corrected chi connectivity index (χ0v) is 12.7. The Morgan fingerprint density at radius 2 is 1.89 bits per heavy atom. The summed E-state index contributed by atoms with van der Waals surface area (Å²) in [7, 11) is 0. The molecular weight excluding hydrogens is 238 g/mol. The van der Waals surface area contributed by atoms with Gasteiger partial charge in [-0.05, 0) is 58.8 Å². The monoisotopic (exact) mass is 269 g/mol. The maximum atomic E-state index is 11.8. The first kappa shape index (κ1) is 16.4. The summed E-state index contributed by atoms with van der Waals surface area (Å²) in [4.78, 5) is 14.3. The molecule has 1 saturated heterocycles. The van der Waals surface area contributed by atoms with Crippen LogP contribution in [0.25, 0.3) is 0 Å². The molecule has 1 amide bonds. The Hall–Kier alpha value is -0.610. The number of likely N-dealkylation sites (tertiary alicyclic amines) is 1. The van der Waals surface area contributed by atoms with E-state index in [1.54, 1.807) is 0 Å². The number of unbranched alkanes of at least 4 members (excludes halogenated alkanes) is 2. The first-order valence-electron chi connectivity index (χ1n) is 7.97. The van der Waals surface area contributed by atoms with Crippen LogP contribution in [0, 0.1) is 0 Å². The molecule has 1 fully saturated rings. The van der Waals surface area contributed by atoms with Gasteiger partial charge >= 0.3 is 0 Å². The zero-order chi connectivity index (χ0) is 13.9. The van der Waals surface area contributed by atoms with E-state index in [0.29, 0.717) is 0 Å². The van der Waals surface area contributed by atoms with Crippen molar-refractivity contribution in [3.05, 3.63) is 0 Å². The highest BCUT2D eigenvalue weighted by Crippen LogP contribution is 2.06. The van der Waals surface area contributed by atoms with Gasteiger partial charge in [0.15, 0.2) is 0 Å². The van der Waals surface area contributed by atoms with Crippen LogP contribution in [0.2, 0.25) is 0 Å². The van der Waals surface area contributed by atoms with Crippen LogP contribution < -0.4 is 10.6 Å². The minimum Gasteiger partial charge on any atom is -0.355 e. The number of nitrogens with zero attached hydrogens (tertiary/aromatic N) is 1. The van der Waals surface area contributed by atoms with Gasteiger partial charge in [0.05, 0.1) is 6.04 Å². The maximum absolute atomic E-state index is 11.8. The number of carbonyl (C=O) groups is 1. The Kier molecular flexibility index (Phi) is 8.84. The van der Waals surface area contributed by atoms with Crippen LogP contribution in [0.4, 0.5) is 0 Å². The molecule has 2 N–H and O–H groups in total. The molecule has 1 atom stereocenters. The van der Waals surface area contributed by atoms with E-state index in [1.807, 2.05) is 6.92 Å². The molecule has 0 radical (unpaired) electrons. The Bertz CT molecular complexity index is 240. The van der Waals surface area contributed by atoms with Crippen LogP contribution >= 0.6 is 0 Å². The minimum absolute atomic E-state index is 0.0693. The van der Waals surface area contributed by atoms with Crippen molar-refractivity contribution >= 4 is 5.91 Å². The van der Waals surface area contributed by atoms with Crippen molar-refractivity contribution in [2.45, 2.75) is 58.4 Å². The molecule has 0 aliphatic carbocycles. The van der Waals surface area contributed by atoms with Crippen LogP contribution in [0.15, 0.2) is 0 Å². The Balaban J connectivity index is 1.96. The molecule has 1 heterocycles. The topological polar surface area (TPSA) is 44.4 Å². The zero-order valence-electron chi connectivity index (χ0n) is 12.7. The third-order valence-electron chi connectivity index (χ3n) is 3.77. The third-order valence-corrected chi connectivity index (χ3v) is 3.77. The second-order valence-corrected chi connectivity index (χ2v) is 5.58. The van der Waals surface area contributed by atoms with E-state index in [0.717, 1.165) is 32.5 Å². The molecule has 1 rings (SSSR count). The molecular formula is C15H31N3O. The van der Waals surface area contributed by atoms with Gasteiger partial charge in [-0.2, -0.15) is 0 Å². The maximum Gasteiger partial charge on any atom is 0.236 e. The number of hydrogen-bond acceptors (Lipinski definition) is 3. The number of carbonyl (C=O) groups excluding carboxylic acids is 1. The molecule has 19 heavy (non-hydrogen) atoms. The molecule has 4 nitrogen and oxygen atoms in total. The van der Waals surface area contributed by atoms with Crippen molar-refractivity contribution in [2.75, 3.05) is 32.7 Å². The van der Waals surface area contributed by atoms with E-state index in [4.69, 9.17) is 0 Å². The van der Waals surface area contributed by atoms with E-state index in [1.165, 1.54) is 38.8 Å². The summed E-state index contributed by atoms with van der Waals surface area (Å²) in [6.45, 7) is 9.54. The lowest BCUT2D eigenvalue weighted by Gasteiger charge is -2.17. The fraction of sp³-hybridized carbons (Fsp3) is 0.933. The van der Waals surface area contributed by atoms with Crippen LogP contribution in [-0.2, 0) is 4.79 Å². The predicted molar refractivity (Wildman–Crippen MR) is 80.3 cm³/mol. The third kappa shape index (κ3) is 7.53. The van der Waals surface area contributed by atoms with Crippen molar-refractivity contribution < 1.29 is 4.79 Å². The normalized spacial score (nSPS) is 17.6. The molecule has 0 spiro atoms. The predicted octanol–water partition coefficient (Wildman–Crippen LogP) is 1.76. The molecule has 112 valence electrons. The number of hydrogen-bond donors (Lipinski definition) is 2. The van der Waals surface area contributed by atoms with Gasteiger partial charge in [-0.25, -0.2) is 0 Å². The molecule has 0 aromatic carbocycles. The number of nitrogens with one attached hydrogen (secondary N) is 2. The standard InChI is InChI=1S/C15H31N3O/c1-3-4-5-9-17-15(19)14(2)16-10-8-13-18-11-6-7-12-18/h14,16H,3-13H2,1-2H3,(H,17,19). The molecule has 1 aliphatic heterocycles. The lowest BCUT2D eigenvalue weighted by atomic mass is 10.2. The Labute approximate surface area is 118 Å². The van der Waals surface area contributed by atoms with Gasteiger partial charge < -0.3 is 15.5 Å². The molecule has 4 heteroatoms. The van der Waals surface area contributed by atoms with Gasteiger partial charge in [-0.1, -0.05) is 19.8 Å². The first-order valence-corrected chi connectivity index (χ1v) is 7.97. The number of rotatable bonds is 10. The van der Waals surface area contributed by atoms with Gasteiger partial charge in [-0.3, -0.25) is 4.79 Å². The van der Waals surface area contributed by atoms with E-state index in [2.05, 4.69) is 22.5 Å². The minimum atomic E-state index is -0.0693. The van der Waals surface area contributed by atoms with Gasteiger partial charge in [0.1, 0.15) is 0 Å². The summed E-state index contributed by atoms with van der Waals surface area (Å²) in [6.07, 6.45) is 7.31. The van der Waals surface area contributed by atoms with E-state index >= 15 is 0 Å². The molecule has 1 unspecified atom stereocenters. The average Bonchev–Trinajstić information content (AvgIpc) is 2.92. The summed E-state index contributed by atoms with van der Waals surface area (Å²) >= 11 is 0. The van der Waals surface area contributed by atoms with Gasteiger partial charge in [0, 0.05) is 6.54 Å². The van der Waals surface area contributed by atoms with Crippen LogP contribution in [-0.4, -0.2) is 49.6 Å². The summed E-state index contributed by atoms with van der Waals surface area (Å²) < 4.78 is 0. The largest absolute Gasteiger partial charge is 0.355 e. The van der Waals surface area contributed by atoms with E-state index in [-0.39, 0.29) is 11.9 Å². The van der Waals surface area contributed by atoms with Gasteiger partial charge in [0.25, 0.3) is 0 Å². The molecule has 0 aromatic heterocycles. The summed E-state index contributed by atoms with van der Waals surface area (Å²) in [5.74, 6) is 0.136. The summed E-state index contributed by atoms with van der Waals surface area (Å²) in [5.41, 5.74) is 0. The van der Waals surface area contributed by atoms with Crippen molar-refractivity contribution in [3.8, 4) is 0 Å². The quantitative estimate of drug-likeness (QED) is 0.594. The van der Waals surface area contributed by atoms with Gasteiger partial charge in [-0.15, -0.1) is 0 Å². The molecule has 0 bridgehead atoms. The van der Waals surface area contributed by atoms with Crippen molar-refractivity contribution in [1.29, 1.82) is 0 Å². The average molecular weight is 269 g/mol. The van der Waals surface area contributed by atoms with Crippen molar-refractivity contribution in [1.82, 2.24) is 15.5 Å². The lowest BCUT2D eigenvalue weighted by molar-refractivity contribution is -0.122. The molecule has 0 saturated carbocycles. The van der Waals surface area contributed by atoms with Crippen LogP contribution in [0.1, 0.15) is 52.4 Å². The van der Waals surface area contributed by atoms with Crippen LogP contribution in [0.3, 0.4) is 0 Å². The highest BCUT2D eigenvalue weighted by atomic mass is 16.2. The fourth-order valence-corrected chi connectivity index (χ4v) is 2.46.